The lowest BCUT2D eigenvalue weighted by Gasteiger charge is -2.26. The van der Waals surface area contributed by atoms with Gasteiger partial charge in [0.1, 0.15) is 17.2 Å². The summed E-state index contributed by atoms with van der Waals surface area (Å²) in [5, 5.41) is 0.760. The Morgan fingerprint density at radius 1 is 1.12 bits per heavy atom. The summed E-state index contributed by atoms with van der Waals surface area (Å²) in [6.07, 6.45) is 0. The first kappa shape index (κ1) is 22.8. The molecule has 2 atom stereocenters. The fourth-order valence-electron chi connectivity index (χ4n) is 3.64. The highest BCUT2D eigenvalue weighted by atomic mass is 35.5. The molecular formula is C21H21ClN2O6S2. The van der Waals surface area contributed by atoms with Crippen LogP contribution in [0.15, 0.2) is 47.5 Å². The molecule has 2 unspecified atom stereocenters. The van der Waals surface area contributed by atoms with Crippen LogP contribution in [0.3, 0.4) is 0 Å². The largest absolute Gasteiger partial charge is 0.497 e. The number of amidine groups is 1. The standard InChI is InChI=1S/C21H21ClN2O6S2/c1-28-15-7-8-16(18(9-15)29-2)24-17-11-32(26,27)12-19(17)31-21(24)23-20(25)10-30-14-5-3-13(22)4-6-14/h3-9,17,19H,10-12H2,1-2H3. The number of sulfone groups is 1. The Balaban J connectivity index is 1.61. The van der Waals surface area contributed by atoms with E-state index in [4.69, 9.17) is 25.8 Å². The lowest BCUT2D eigenvalue weighted by Crippen LogP contribution is -2.38. The van der Waals surface area contributed by atoms with E-state index in [1.807, 2.05) is 0 Å². The van der Waals surface area contributed by atoms with Crippen molar-refractivity contribution in [1.82, 2.24) is 0 Å². The van der Waals surface area contributed by atoms with Crippen molar-refractivity contribution in [3.8, 4) is 17.2 Å². The van der Waals surface area contributed by atoms with E-state index in [0.29, 0.717) is 33.1 Å². The van der Waals surface area contributed by atoms with Gasteiger partial charge >= 0.3 is 0 Å². The van der Waals surface area contributed by atoms with Gasteiger partial charge in [0.25, 0.3) is 5.91 Å². The van der Waals surface area contributed by atoms with Crippen molar-refractivity contribution < 1.29 is 27.4 Å². The molecular weight excluding hydrogens is 476 g/mol. The van der Waals surface area contributed by atoms with Crippen LogP contribution in [-0.2, 0) is 14.6 Å². The van der Waals surface area contributed by atoms with Crippen LogP contribution in [0.2, 0.25) is 5.02 Å². The van der Waals surface area contributed by atoms with Gasteiger partial charge in [0, 0.05) is 16.3 Å². The molecule has 2 aromatic carbocycles. The Morgan fingerprint density at radius 2 is 1.84 bits per heavy atom. The number of amides is 1. The third kappa shape index (κ3) is 4.82. The number of rotatable bonds is 6. The molecule has 0 saturated carbocycles. The molecule has 8 nitrogen and oxygen atoms in total. The molecule has 0 aromatic heterocycles. The molecule has 0 radical (unpaired) electrons. The molecule has 2 aromatic rings. The van der Waals surface area contributed by atoms with Crippen molar-refractivity contribution in [2.24, 2.45) is 4.99 Å². The van der Waals surface area contributed by atoms with Gasteiger partial charge in [-0.05, 0) is 36.4 Å². The number of benzene rings is 2. The topological polar surface area (TPSA) is 94.5 Å². The van der Waals surface area contributed by atoms with Crippen LogP contribution in [0.5, 0.6) is 17.2 Å². The second kappa shape index (κ2) is 9.21. The first-order chi connectivity index (χ1) is 15.3. The highest BCUT2D eigenvalue weighted by Crippen LogP contribution is 2.44. The lowest BCUT2D eigenvalue weighted by atomic mass is 10.2. The molecule has 0 spiro atoms. The zero-order valence-corrected chi connectivity index (χ0v) is 19.7. The highest BCUT2D eigenvalue weighted by molar-refractivity contribution is 8.16. The van der Waals surface area contributed by atoms with Crippen LogP contribution < -0.4 is 19.1 Å². The Labute approximate surface area is 195 Å². The number of hydrogen-bond donors (Lipinski definition) is 0. The molecule has 2 aliphatic heterocycles. The SMILES string of the molecule is COc1ccc(N2C(=NC(=O)COc3ccc(Cl)cc3)SC3CS(=O)(=O)CC32)c(OC)c1. The monoisotopic (exact) mass is 496 g/mol. The van der Waals surface area contributed by atoms with Crippen LogP contribution >= 0.6 is 23.4 Å². The molecule has 2 fully saturated rings. The van der Waals surface area contributed by atoms with Crippen LogP contribution in [0.4, 0.5) is 5.69 Å². The number of hydrogen-bond acceptors (Lipinski definition) is 7. The predicted octanol–water partition coefficient (Wildman–Crippen LogP) is 3.04. The van der Waals surface area contributed by atoms with Gasteiger partial charge in [-0.25, -0.2) is 8.42 Å². The van der Waals surface area contributed by atoms with Gasteiger partial charge in [-0.15, -0.1) is 0 Å². The third-order valence-electron chi connectivity index (χ3n) is 5.11. The van der Waals surface area contributed by atoms with Crippen molar-refractivity contribution in [2.75, 3.05) is 37.2 Å². The Kier molecular flexibility index (Phi) is 6.55. The van der Waals surface area contributed by atoms with E-state index in [0.717, 1.165) is 0 Å². The molecule has 0 N–H and O–H groups in total. The fraction of sp³-hybridized carbons (Fsp3) is 0.333. The smallest absolute Gasteiger partial charge is 0.285 e. The van der Waals surface area contributed by atoms with Gasteiger partial charge in [-0.2, -0.15) is 4.99 Å². The maximum absolute atomic E-state index is 12.6. The van der Waals surface area contributed by atoms with Gasteiger partial charge in [0.15, 0.2) is 21.6 Å². The van der Waals surface area contributed by atoms with Gasteiger partial charge in [0.2, 0.25) is 0 Å². The van der Waals surface area contributed by atoms with Gasteiger partial charge in [-0.3, -0.25) is 4.79 Å². The van der Waals surface area contributed by atoms with Crippen LogP contribution in [0, 0.1) is 0 Å². The molecule has 32 heavy (non-hydrogen) atoms. The lowest BCUT2D eigenvalue weighted by molar-refractivity contribution is -0.119. The van der Waals surface area contributed by atoms with Crippen molar-refractivity contribution in [2.45, 2.75) is 11.3 Å². The second-order valence-electron chi connectivity index (χ2n) is 7.24. The Morgan fingerprint density at radius 3 is 2.53 bits per heavy atom. The van der Waals surface area contributed by atoms with Crippen LogP contribution in [-0.4, -0.2) is 63.1 Å². The van der Waals surface area contributed by atoms with Crippen molar-refractivity contribution in [3.63, 3.8) is 0 Å². The summed E-state index contributed by atoms with van der Waals surface area (Å²) in [6.45, 7) is -0.257. The van der Waals surface area contributed by atoms with E-state index < -0.39 is 15.7 Å². The minimum Gasteiger partial charge on any atom is -0.497 e. The molecule has 0 aliphatic carbocycles. The van der Waals surface area contributed by atoms with Crippen molar-refractivity contribution >= 4 is 50.0 Å². The quantitative estimate of drug-likeness (QED) is 0.602. The molecule has 2 heterocycles. The molecule has 11 heteroatoms. The zero-order valence-electron chi connectivity index (χ0n) is 17.4. The van der Waals surface area contributed by atoms with E-state index in [-0.39, 0.29) is 29.4 Å². The summed E-state index contributed by atoms with van der Waals surface area (Å²) in [6, 6.07) is 11.5. The first-order valence-corrected chi connectivity index (χ1v) is 12.8. The van der Waals surface area contributed by atoms with E-state index >= 15 is 0 Å². The number of thioether (sulfide) groups is 1. The number of methoxy groups -OCH3 is 2. The summed E-state index contributed by atoms with van der Waals surface area (Å²) in [7, 11) is -0.116. The van der Waals surface area contributed by atoms with Gasteiger partial charge in [0.05, 0.1) is 37.5 Å². The Bertz CT molecular complexity index is 1150. The van der Waals surface area contributed by atoms with E-state index in [1.54, 1.807) is 54.5 Å². The third-order valence-corrected chi connectivity index (χ3v) is 8.57. The number of carbonyl (C=O) groups is 1. The molecule has 2 aliphatic rings. The minimum absolute atomic E-state index is 0.0195. The highest BCUT2D eigenvalue weighted by Gasteiger charge is 2.50. The van der Waals surface area contributed by atoms with E-state index in [9.17, 15) is 13.2 Å². The number of carbonyl (C=O) groups excluding carboxylic acids is 1. The average molecular weight is 497 g/mol. The zero-order chi connectivity index (χ0) is 22.9. The normalized spacial score (nSPS) is 22.6. The number of aliphatic imine (C=N–C) groups is 1. The second-order valence-corrected chi connectivity index (χ2v) is 11.0. The molecule has 4 rings (SSSR count). The summed E-state index contributed by atoms with van der Waals surface area (Å²) in [4.78, 5) is 18.6. The van der Waals surface area contributed by atoms with Crippen LogP contribution in [0.25, 0.3) is 0 Å². The van der Waals surface area contributed by atoms with Crippen molar-refractivity contribution in [1.29, 1.82) is 0 Å². The average Bonchev–Trinajstić information content (AvgIpc) is 3.23. The Hall–Kier alpha value is -2.43. The number of nitrogens with zero attached hydrogens (tertiary/aromatic N) is 2. The maximum Gasteiger partial charge on any atom is 0.285 e. The molecule has 1 amide bonds. The van der Waals surface area contributed by atoms with Gasteiger partial charge in [-0.1, -0.05) is 23.4 Å². The number of fused-ring (bicyclic) bond motifs is 1. The molecule has 2 saturated heterocycles. The minimum atomic E-state index is -3.18. The first-order valence-electron chi connectivity index (χ1n) is 9.68. The summed E-state index contributed by atoms with van der Waals surface area (Å²) < 4.78 is 40.8. The number of ether oxygens (including phenoxy) is 3. The summed E-state index contributed by atoms with van der Waals surface area (Å²) in [5.41, 5.74) is 0.621. The van der Waals surface area contributed by atoms with Crippen molar-refractivity contribution in [3.05, 3.63) is 47.5 Å². The van der Waals surface area contributed by atoms with E-state index in [2.05, 4.69) is 4.99 Å². The fourth-order valence-corrected chi connectivity index (χ4v) is 7.70. The molecule has 0 bridgehead atoms. The van der Waals surface area contributed by atoms with Crippen LogP contribution in [0.1, 0.15) is 0 Å². The van der Waals surface area contributed by atoms with E-state index in [1.165, 1.54) is 18.9 Å². The van der Waals surface area contributed by atoms with Gasteiger partial charge < -0.3 is 19.1 Å². The number of anilines is 1. The summed E-state index contributed by atoms with van der Waals surface area (Å²) in [5.74, 6) is 1.12. The molecule has 170 valence electrons. The summed E-state index contributed by atoms with van der Waals surface area (Å²) >= 11 is 7.14. The predicted molar refractivity (Wildman–Crippen MR) is 125 cm³/mol. The maximum atomic E-state index is 12.6. The number of halogens is 1.